The van der Waals surface area contributed by atoms with Crippen LogP contribution in [-0.4, -0.2) is 90.1 Å². The van der Waals surface area contributed by atoms with Crippen molar-refractivity contribution in [3.8, 4) is 22.6 Å². The maximum absolute atomic E-state index is 13.2. The Morgan fingerprint density at radius 1 is 0.962 bits per heavy atom. The van der Waals surface area contributed by atoms with E-state index in [1.54, 1.807) is 16.0 Å². The van der Waals surface area contributed by atoms with E-state index in [4.69, 9.17) is 14.4 Å². The topological polar surface area (TPSA) is 148 Å². The van der Waals surface area contributed by atoms with Crippen molar-refractivity contribution in [1.82, 2.24) is 29.7 Å². The first-order chi connectivity index (χ1) is 25.2. The lowest BCUT2D eigenvalue weighted by atomic mass is 9.93. The van der Waals surface area contributed by atoms with Crippen LogP contribution in [0, 0.1) is 13.8 Å². The number of pyridine rings is 2. The number of carboxylic acid groups (broad SMARTS) is 1. The number of nitrogens with zero attached hydrogens (tertiary/aromatic N) is 6. The maximum atomic E-state index is 13.2. The minimum atomic E-state index is -0.868. The molecule has 2 atom stereocenters. The second kappa shape index (κ2) is 14.1. The number of anilines is 2. The highest BCUT2D eigenvalue weighted by molar-refractivity contribution is 5.91. The molecule has 5 aromatic rings. The molecule has 12 heteroatoms. The highest BCUT2D eigenvalue weighted by Gasteiger charge is 2.34. The number of carbonyl (C=O) groups excluding carboxylic acids is 1. The smallest absolute Gasteiger partial charge is 0.320 e. The highest BCUT2D eigenvalue weighted by atomic mass is 16.4. The van der Waals surface area contributed by atoms with Crippen molar-refractivity contribution in [2.24, 2.45) is 0 Å². The molecule has 0 spiro atoms. The Morgan fingerprint density at radius 3 is 2.56 bits per heavy atom. The van der Waals surface area contributed by atoms with Gasteiger partial charge in [0.2, 0.25) is 11.8 Å². The summed E-state index contributed by atoms with van der Waals surface area (Å²) in [6.45, 7) is 7.87. The van der Waals surface area contributed by atoms with Gasteiger partial charge in [0, 0.05) is 48.7 Å². The summed E-state index contributed by atoms with van der Waals surface area (Å²) in [5.74, 6) is 0.903. The standard InChI is InChI=1S/C40H43N7O5/c1-24-29(7-5-9-31(24)39-44-33-21-47(22-35(33)52-39)36(49)23-46-15-4-3-11-34(46)40(50)51)30-8-6-10-32(25(30)2)43-38-37-27(12-14-41-38)17-26(18-42-37)19-45-16-13-28(48)20-45/h5-10,12,14,17-18,28,34,48H,3-4,11,13,15-16,19-23H2,1-2H3,(H,41,43)(H,50,51)/t28-,34+/m1/s1. The summed E-state index contributed by atoms with van der Waals surface area (Å²) in [5.41, 5.74) is 8.68. The molecule has 3 aliphatic heterocycles. The fourth-order valence-electron chi connectivity index (χ4n) is 7.91. The normalized spacial score (nSPS) is 19.3. The molecule has 0 radical (unpaired) electrons. The van der Waals surface area contributed by atoms with E-state index in [-0.39, 0.29) is 18.6 Å². The number of benzene rings is 2. The molecule has 2 saturated heterocycles. The second-order valence-electron chi connectivity index (χ2n) is 14.3. The number of oxazole rings is 1. The molecule has 3 aromatic heterocycles. The van der Waals surface area contributed by atoms with E-state index >= 15 is 0 Å². The average Bonchev–Trinajstić information content (AvgIpc) is 3.85. The molecular formula is C40H43N7O5. The van der Waals surface area contributed by atoms with Crippen LogP contribution in [0.3, 0.4) is 0 Å². The van der Waals surface area contributed by atoms with E-state index in [1.807, 2.05) is 36.5 Å². The molecule has 0 bridgehead atoms. The zero-order valence-electron chi connectivity index (χ0n) is 29.5. The summed E-state index contributed by atoms with van der Waals surface area (Å²) in [7, 11) is 0. The predicted molar refractivity (Wildman–Crippen MR) is 197 cm³/mol. The molecule has 8 rings (SSSR count). The number of aromatic nitrogens is 3. The van der Waals surface area contributed by atoms with Gasteiger partial charge in [-0.2, -0.15) is 0 Å². The molecule has 3 aliphatic rings. The number of hydrogen-bond donors (Lipinski definition) is 3. The van der Waals surface area contributed by atoms with Crippen molar-refractivity contribution in [1.29, 1.82) is 0 Å². The molecule has 2 aromatic carbocycles. The van der Waals surface area contributed by atoms with Gasteiger partial charge in [-0.05, 0) is 91.7 Å². The second-order valence-corrected chi connectivity index (χ2v) is 14.3. The van der Waals surface area contributed by atoms with Gasteiger partial charge in [0.15, 0.2) is 5.82 Å². The summed E-state index contributed by atoms with van der Waals surface area (Å²) >= 11 is 0. The number of fused-ring (bicyclic) bond motifs is 2. The summed E-state index contributed by atoms with van der Waals surface area (Å²) in [5, 5.41) is 24.1. The first-order valence-electron chi connectivity index (χ1n) is 18.1. The molecule has 2 fully saturated rings. The Bertz CT molecular complexity index is 2140. The summed E-state index contributed by atoms with van der Waals surface area (Å²) in [4.78, 5) is 44.9. The third-order valence-corrected chi connectivity index (χ3v) is 10.8. The molecule has 0 aliphatic carbocycles. The van der Waals surface area contributed by atoms with Crippen molar-refractivity contribution in [2.75, 3.05) is 31.5 Å². The van der Waals surface area contributed by atoms with Crippen LogP contribution in [0.15, 0.2) is 65.3 Å². The van der Waals surface area contributed by atoms with Crippen molar-refractivity contribution in [2.45, 2.75) is 71.3 Å². The molecule has 0 unspecified atom stereocenters. The van der Waals surface area contributed by atoms with Gasteiger partial charge in [-0.1, -0.05) is 30.7 Å². The van der Waals surface area contributed by atoms with Crippen molar-refractivity contribution in [3.63, 3.8) is 0 Å². The Balaban J connectivity index is 0.988. The number of carboxylic acids is 1. The molecule has 52 heavy (non-hydrogen) atoms. The molecule has 12 nitrogen and oxygen atoms in total. The first-order valence-corrected chi connectivity index (χ1v) is 18.1. The number of aliphatic hydroxyl groups is 1. The van der Waals surface area contributed by atoms with Crippen LogP contribution in [-0.2, 0) is 29.2 Å². The van der Waals surface area contributed by atoms with Gasteiger partial charge >= 0.3 is 5.97 Å². The number of amides is 1. The quantitative estimate of drug-likeness (QED) is 0.175. The van der Waals surface area contributed by atoms with E-state index in [0.717, 1.165) is 88.0 Å². The summed E-state index contributed by atoms with van der Waals surface area (Å²) in [6.07, 6.45) is 6.59. The molecule has 3 N–H and O–H groups in total. The number of nitrogens with one attached hydrogen (secondary N) is 1. The Labute approximate surface area is 302 Å². The zero-order valence-corrected chi connectivity index (χ0v) is 29.5. The van der Waals surface area contributed by atoms with Gasteiger partial charge in [0.25, 0.3) is 0 Å². The van der Waals surface area contributed by atoms with Gasteiger partial charge in [0.05, 0.1) is 25.7 Å². The zero-order chi connectivity index (χ0) is 35.9. The average molecular weight is 702 g/mol. The first kappa shape index (κ1) is 33.9. The molecule has 1 amide bonds. The maximum Gasteiger partial charge on any atom is 0.320 e. The van der Waals surface area contributed by atoms with Crippen LogP contribution in [0.2, 0.25) is 0 Å². The molecule has 6 heterocycles. The molecule has 0 saturated carbocycles. The summed E-state index contributed by atoms with van der Waals surface area (Å²) < 4.78 is 6.28. The van der Waals surface area contributed by atoms with E-state index < -0.39 is 12.0 Å². The van der Waals surface area contributed by atoms with Crippen molar-refractivity contribution >= 4 is 34.3 Å². The van der Waals surface area contributed by atoms with Gasteiger partial charge in [-0.3, -0.25) is 24.4 Å². The highest BCUT2D eigenvalue weighted by Crippen LogP contribution is 2.38. The number of β-amino-alcohol motifs (C(OH)–C–C–N with tert-alkyl or cyclic N) is 1. The lowest BCUT2D eigenvalue weighted by Crippen LogP contribution is -2.49. The number of likely N-dealkylation sites (tertiary alicyclic amines) is 2. The van der Waals surface area contributed by atoms with Crippen LogP contribution < -0.4 is 5.32 Å². The third kappa shape index (κ3) is 6.65. The van der Waals surface area contributed by atoms with Gasteiger partial charge in [0.1, 0.15) is 23.0 Å². The van der Waals surface area contributed by atoms with E-state index in [0.29, 0.717) is 50.1 Å². The van der Waals surface area contributed by atoms with Crippen LogP contribution in [0.1, 0.15) is 53.8 Å². The fourth-order valence-corrected chi connectivity index (χ4v) is 7.91. The number of hydrogen-bond acceptors (Lipinski definition) is 10. The Kier molecular flexibility index (Phi) is 9.20. The Morgan fingerprint density at radius 2 is 1.77 bits per heavy atom. The molecule has 268 valence electrons. The van der Waals surface area contributed by atoms with Crippen LogP contribution in [0.4, 0.5) is 11.5 Å². The van der Waals surface area contributed by atoms with E-state index in [2.05, 4.69) is 47.2 Å². The number of aliphatic hydroxyl groups excluding tert-OH is 1. The fraction of sp³-hybridized carbons (Fsp3) is 0.375. The number of rotatable bonds is 9. The number of piperidine rings is 1. The van der Waals surface area contributed by atoms with Gasteiger partial charge in [-0.25, -0.2) is 9.97 Å². The third-order valence-electron chi connectivity index (χ3n) is 10.8. The Hall–Kier alpha value is -5.17. The van der Waals surface area contributed by atoms with Crippen LogP contribution >= 0.6 is 0 Å². The van der Waals surface area contributed by atoms with Crippen LogP contribution in [0.5, 0.6) is 0 Å². The summed E-state index contributed by atoms with van der Waals surface area (Å²) in [6, 6.07) is 15.8. The largest absolute Gasteiger partial charge is 0.480 e. The van der Waals surface area contributed by atoms with E-state index in [1.165, 1.54) is 0 Å². The van der Waals surface area contributed by atoms with E-state index in [9.17, 15) is 19.8 Å². The van der Waals surface area contributed by atoms with Crippen molar-refractivity contribution < 1.29 is 24.2 Å². The van der Waals surface area contributed by atoms with Gasteiger partial charge < -0.3 is 24.8 Å². The lowest BCUT2D eigenvalue weighted by Gasteiger charge is -2.33. The minimum Gasteiger partial charge on any atom is -0.480 e. The number of carbonyl (C=O) groups is 2. The SMILES string of the molecule is Cc1c(Nc2nccc3cc(CN4CC[C@@H](O)C4)cnc23)cccc1-c1cccc(-c2nc3c(o2)CN(C(=O)CN2CCCC[C@H]2C(=O)O)C3)c1C. The van der Waals surface area contributed by atoms with Gasteiger partial charge in [-0.15, -0.1) is 0 Å². The monoisotopic (exact) mass is 701 g/mol. The predicted octanol–water partition coefficient (Wildman–Crippen LogP) is 5.66. The van der Waals surface area contributed by atoms with Crippen molar-refractivity contribution in [3.05, 3.63) is 89.1 Å². The minimum absolute atomic E-state index is 0.0851. The molecular weight excluding hydrogens is 658 g/mol. The number of aliphatic carboxylic acids is 1. The lowest BCUT2D eigenvalue weighted by molar-refractivity contribution is -0.146. The van der Waals surface area contributed by atoms with Crippen LogP contribution in [0.25, 0.3) is 33.5 Å².